The van der Waals surface area contributed by atoms with Crippen molar-refractivity contribution in [3.63, 3.8) is 0 Å². The fourth-order valence-corrected chi connectivity index (χ4v) is 3.26. The summed E-state index contributed by atoms with van der Waals surface area (Å²) >= 11 is 0. The molecule has 22 heavy (non-hydrogen) atoms. The number of carbonyl (C=O) groups is 1. The molecule has 2 N–H and O–H groups in total. The van der Waals surface area contributed by atoms with Crippen LogP contribution < -0.4 is 14.8 Å². The number of hydrogen-bond acceptors (Lipinski definition) is 6. The summed E-state index contributed by atoms with van der Waals surface area (Å²) in [6.45, 7) is 1.39. The Morgan fingerprint density at radius 2 is 2.18 bits per heavy atom. The summed E-state index contributed by atoms with van der Waals surface area (Å²) in [7, 11) is -3.70. The molecular formula is C13H16N2O6S. The lowest BCUT2D eigenvalue weighted by Crippen LogP contribution is -2.39. The van der Waals surface area contributed by atoms with Crippen molar-refractivity contribution in [3.8, 4) is 5.75 Å². The van der Waals surface area contributed by atoms with Crippen LogP contribution in [0, 0.1) is 0 Å². The largest absolute Gasteiger partial charge is 0.482 e. The highest BCUT2D eigenvalue weighted by Crippen LogP contribution is 2.29. The minimum absolute atomic E-state index is 0.0498. The Morgan fingerprint density at radius 1 is 1.32 bits per heavy atom. The molecule has 3 rings (SSSR count). The Balaban J connectivity index is 1.71. The fourth-order valence-electron chi connectivity index (χ4n) is 2.17. The van der Waals surface area contributed by atoms with E-state index in [0.29, 0.717) is 31.3 Å². The topological polar surface area (TPSA) is 103 Å². The predicted octanol–water partition coefficient (Wildman–Crippen LogP) is -0.289. The first kappa shape index (κ1) is 15.2. The third-order valence-corrected chi connectivity index (χ3v) is 4.70. The van der Waals surface area contributed by atoms with Crippen LogP contribution in [-0.2, 0) is 24.3 Å². The zero-order valence-electron chi connectivity index (χ0n) is 11.7. The molecule has 1 aromatic carbocycles. The molecule has 1 fully saturated rings. The number of anilines is 1. The van der Waals surface area contributed by atoms with Gasteiger partial charge in [-0.05, 0) is 18.2 Å². The summed E-state index contributed by atoms with van der Waals surface area (Å²) in [5.41, 5.74) is 0.344. The summed E-state index contributed by atoms with van der Waals surface area (Å²) in [6, 6.07) is 4.31. The molecule has 0 saturated carbocycles. The average molecular weight is 328 g/mol. The van der Waals surface area contributed by atoms with E-state index in [2.05, 4.69) is 10.0 Å². The predicted molar refractivity (Wildman–Crippen MR) is 76.3 cm³/mol. The van der Waals surface area contributed by atoms with Crippen LogP contribution in [0.15, 0.2) is 23.1 Å². The maximum absolute atomic E-state index is 12.3. The Labute approximate surface area is 127 Å². The molecule has 2 aliphatic heterocycles. The first-order valence-electron chi connectivity index (χ1n) is 6.80. The van der Waals surface area contributed by atoms with Crippen LogP contribution in [0.4, 0.5) is 5.69 Å². The third-order valence-electron chi connectivity index (χ3n) is 3.28. The van der Waals surface area contributed by atoms with E-state index in [1.54, 1.807) is 0 Å². The lowest BCUT2D eigenvalue weighted by atomic mass is 10.2. The lowest BCUT2D eigenvalue weighted by molar-refractivity contribution is -0.118. The molecule has 2 heterocycles. The van der Waals surface area contributed by atoms with E-state index in [0.717, 1.165) is 0 Å². The summed E-state index contributed by atoms with van der Waals surface area (Å²) in [4.78, 5) is 11.3. The quantitative estimate of drug-likeness (QED) is 0.787. The van der Waals surface area contributed by atoms with Crippen LogP contribution in [0.3, 0.4) is 0 Å². The number of nitrogens with one attached hydrogen (secondary N) is 2. The van der Waals surface area contributed by atoms with Gasteiger partial charge in [-0.1, -0.05) is 0 Å². The van der Waals surface area contributed by atoms with Crippen molar-refractivity contribution in [3.05, 3.63) is 18.2 Å². The second-order valence-electron chi connectivity index (χ2n) is 4.91. The van der Waals surface area contributed by atoms with Crippen molar-refractivity contribution in [2.24, 2.45) is 0 Å². The van der Waals surface area contributed by atoms with Gasteiger partial charge in [-0.15, -0.1) is 0 Å². The normalized spacial score (nSPS) is 21.6. The standard InChI is InChI=1S/C13H16N2O6S/c16-13-8-21-12-2-1-10(5-11(12)15-13)22(17,18)14-6-9-7-19-3-4-20-9/h1-2,5,9,14H,3-4,6-8H2,(H,15,16)/t9-/m1/s1. The zero-order chi connectivity index (χ0) is 15.6. The molecule has 120 valence electrons. The van der Waals surface area contributed by atoms with Crippen molar-refractivity contribution in [2.45, 2.75) is 11.0 Å². The summed E-state index contributed by atoms with van der Waals surface area (Å²) in [5, 5.41) is 2.58. The molecule has 0 bridgehead atoms. The molecule has 9 heteroatoms. The van der Waals surface area contributed by atoms with Crippen molar-refractivity contribution < 1.29 is 27.4 Å². The van der Waals surface area contributed by atoms with E-state index in [4.69, 9.17) is 14.2 Å². The molecule has 0 aromatic heterocycles. The number of rotatable bonds is 4. The maximum atomic E-state index is 12.3. The van der Waals surface area contributed by atoms with Crippen LogP contribution >= 0.6 is 0 Å². The van der Waals surface area contributed by atoms with E-state index in [1.807, 2.05) is 0 Å². The third kappa shape index (κ3) is 3.38. The van der Waals surface area contributed by atoms with Gasteiger partial charge in [-0.3, -0.25) is 4.79 Å². The molecule has 1 atom stereocenters. The van der Waals surface area contributed by atoms with Gasteiger partial charge >= 0.3 is 0 Å². The van der Waals surface area contributed by atoms with Crippen LogP contribution in [0.25, 0.3) is 0 Å². The first-order chi connectivity index (χ1) is 10.5. The number of hydrogen-bond donors (Lipinski definition) is 2. The van der Waals surface area contributed by atoms with E-state index < -0.39 is 10.0 Å². The van der Waals surface area contributed by atoms with Gasteiger partial charge < -0.3 is 19.5 Å². The van der Waals surface area contributed by atoms with Gasteiger partial charge in [0, 0.05) is 6.54 Å². The second-order valence-corrected chi connectivity index (χ2v) is 6.68. The van der Waals surface area contributed by atoms with Crippen LogP contribution in [0.2, 0.25) is 0 Å². The van der Waals surface area contributed by atoms with E-state index >= 15 is 0 Å². The minimum atomic E-state index is -3.70. The number of fused-ring (bicyclic) bond motifs is 1. The summed E-state index contributed by atoms with van der Waals surface area (Å²) < 4.78 is 42.8. The lowest BCUT2D eigenvalue weighted by Gasteiger charge is -2.23. The zero-order valence-corrected chi connectivity index (χ0v) is 12.5. The van der Waals surface area contributed by atoms with Gasteiger partial charge in [0.15, 0.2) is 6.61 Å². The molecular weight excluding hydrogens is 312 g/mol. The number of amides is 1. The molecule has 1 saturated heterocycles. The fraction of sp³-hybridized carbons (Fsp3) is 0.462. The van der Waals surface area contributed by atoms with Crippen LogP contribution in [-0.4, -0.2) is 53.4 Å². The van der Waals surface area contributed by atoms with Gasteiger partial charge in [0.05, 0.1) is 36.5 Å². The van der Waals surface area contributed by atoms with Crippen molar-refractivity contribution in [1.82, 2.24) is 4.72 Å². The highest BCUT2D eigenvalue weighted by atomic mass is 32.2. The molecule has 8 nitrogen and oxygen atoms in total. The molecule has 0 unspecified atom stereocenters. The van der Waals surface area contributed by atoms with Gasteiger partial charge in [0.25, 0.3) is 5.91 Å². The minimum Gasteiger partial charge on any atom is -0.482 e. The number of carbonyl (C=O) groups excluding carboxylic acids is 1. The molecule has 0 spiro atoms. The molecule has 2 aliphatic rings. The molecule has 0 aliphatic carbocycles. The van der Waals surface area contributed by atoms with Gasteiger partial charge in [0.2, 0.25) is 10.0 Å². The van der Waals surface area contributed by atoms with Crippen LogP contribution in [0.5, 0.6) is 5.75 Å². The number of sulfonamides is 1. The average Bonchev–Trinajstić information content (AvgIpc) is 2.53. The highest BCUT2D eigenvalue weighted by molar-refractivity contribution is 7.89. The maximum Gasteiger partial charge on any atom is 0.262 e. The van der Waals surface area contributed by atoms with E-state index in [9.17, 15) is 13.2 Å². The monoisotopic (exact) mass is 328 g/mol. The molecule has 1 amide bonds. The molecule has 1 aromatic rings. The Morgan fingerprint density at radius 3 is 2.95 bits per heavy atom. The highest BCUT2D eigenvalue weighted by Gasteiger charge is 2.22. The van der Waals surface area contributed by atoms with Gasteiger partial charge in [-0.25, -0.2) is 13.1 Å². The van der Waals surface area contributed by atoms with E-state index in [-0.39, 0.29) is 30.1 Å². The Kier molecular flexibility index (Phi) is 4.30. The SMILES string of the molecule is O=C1COc2ccc(S(=O)(=O)NC[C@@H]3COCCO3)cc2N1. The van der Waals surface area contributed by atoms with E-state index in [1.165, 1.54) is 18.2 Å². The van der Waals surface area contributed by atoms with Crippen LogP contribution in [0.1, 0.15) is 0 Å². The second kappa shape index (κ2) is 6.21. The number of benzene rings is 1. The smallest absolute Gasteiger partial charge is 0.262 e. The summed E-state index contributed by atoms with van der Waals surface area (Å²) in [6.07, 6.45) is -0.302. The Hall–Kier alpha value is -1.68. The van der Waals surface area contributed by atoms with Crippen molar-refractivity contribution in [1.29, 1.82) is 0 Å². The van der Waals surface area contributed by atoms with Gasteiger partial charge in [0.1, 0.15) is 5.75 Å². The van der Waals surface area contributed by atoms with Crippen molar-refractivity contribution >= 4 is 21.6 Å². The Bertz CT molecular complexity index is 669. The first-order valence-corrected chi connectivity index (χ1v) is 8.29. The molecule has 0 radical (unpaired) electrons. The van der Waals surface area contributed by atoms with Gasteiger partial charge in [-0.2, -0.15) is 0 Å². The number of ether oxygens (including phenoxy) is 3. The summed E-state index contributed by atoms with van der Waals surface area (Å²) in [5.74, 6) is 0.130. The van der Waals surface area contributed by atoms with Crippen molar-refractivity contribution in [2.75, 3.05) is 38.3 Å².